The predicted octanol–water partition coefficient (Wildman–Crippen LogP) is 2.24. The van der Waals surface area contributed by atoms with Crippen molar-refractivity contribution in [3.63, 3.8) is 0 Å². The summed E-state index contributed by atoms with van der Waals surface area (Å²) in [5.41, 5.74) is 0.976. The molecule has 0 saturated carbocycles. The van der Waals surface area contributed by atoms with Crippen LogP contribution in [0.3, 0.4) is 0 Å². The number of halogens is 1. The average Bonchev–Trinajstić information content (AvgIpc) is 2.45. The fraction of sp³-hybridized carbons (Fsp3) is 0.222. The van der Waals surface area contributed by atoms with Gasteiger partial charge >= 0.3 is 0 Å². The maximum Gasteiger partial charge on any atom is 0.242 e. The van der Waals surface area contributed by atoms with Crippen molar-refractivity contribution in [2.24, 2.45) is 7.05 Å². The SMILES string of the molecule is COc1nn(C)c2cccc(Cl)c12. The minimum absolute atomic E-state index is 0.572. The highest BCUT2D eigenvalue weighted by molar-refractivity contribution is 6.35. The second kappa shape index (κ2) is 2.92. The summed E-state index contributed by atoms with van der Waals surface area (Å²) < 4.78 is 6.86. The number of rotatable bonds is 1. The molecule has 0 aliphatic rings. The third-order valence-corrected chi connectivity index (χ3v) is 2.30. The van der Waals surface area contributed by atoms with Crippen LogP contribution in [0.25, 0.3) is 10.9 Å². The molecule has 0 aliphatic carbocycles. The molecule has 0 atom stereocenters. The van der Waals surface area contributed by atoms with Crippen LogP contribution >= 0.6 is 11.6 Å². The summed E-state index contributed by atoms with van der Waals surface area (Å²) in [5.74, 6) is 0.572. The molecule has 0 unspecified atom stereocenters. The second-order valence-electron chi connectivity index (χ2n) is 2.77. The molecule has 0 amide bonds. The zero-order valence-corrected chi connectivity index (χ0v) is 8.17. The second-order valence-corrected chi connectivity index (χ2v) is 3.17. The van der Waals surface area contributed by atoms with Gasteiger partial charge in [-0.3, -0.25) is 4.68 Å². The summed E-state index contributed by atoms with van der Waals surface area (Å²) in [6.45, 7) is 0. The van der Waals surface area contributed by atoms with E-state index >= 15 is 0 Å². The lowest BCUT2D eigenvalue weighted by molar-refractivity contribution is 0.396. The number of nitrogens with zero attached hydrogens (tertiary/aromatic N) is 2. The first-order valence-electron chi connectivity index (χ1n) is 3.89. The summed E-state index contributed by atoms with van der Waals surface area (Å²) in [6.07, 6.45) is 0. The number of ether oxygens (including phenoxy) is 1. The van der Waals surface area contributed by atoms with Crippen molar-refractivity contribution in [2.45, 2.75) is 0 Å². The highest BCUT2D eigenvalue weighted by atomic mass is 35.5. The average molecular weight is 197 g/mol. The van der Waals surface area contributed by atoms with Crippen molar-refractivity contribution in [2.75, 3.05) is 7.11 Å². The Morgan fingerprint density at radius 3 is 2.92 bits per heavy atom. The van der Waals surface area contributed by atoms with Gasteiger partial charge in [0.1, 0.15) is 0 Å². The van der Waals surface area contributed by atoms with Crippen LogP contribution in [0.15, 0.2) is 18.2 Å². The first kappa shape index (κ1) is 8.38. The molecule has 68 valence electrons. The van der Waals surface area contributed by atoms with Gasteiger partial charge in [-0.2, -0.15) is 0 Å². The number of hydrogen-bond acceptors (Lipinski definition) is 2. The van der Waals surface area contributed by atoms with Gasteiger partial charge in [-0.15, -0.1) is 5.10 Å². The Morgan fingerprint density at radius 2 is 2.23 bits per heavy atom. The van der Waals surface area contributed by atoms with Crippen molar-refractivity contribution in [1.29, 1.82) is 0 Å². The first-order chi connectivity index (χ1) is 6.24. The van der Waals surface area contributed by atoms with E-state index in [1.54, 1.807) is 11.8 Å². The molecule has 2 rings (SSSR count). The van der Waals surface area contributed by atoms with E-state index in [1.165, 1.54) is 0 Å². The van der Waals surface area contributed by atoms with Crippen LogP contribution in [0.1, 0.15) is 0 Å². The number of hydrogen-bond donors (Lipinski definition) is 0. The molecule has 13 heavy (non-hydrogen) atoms. The Labute approximate surface area is 80.9 Å². The molecule has 0 saturated heterocycles. The molecule has 0 radical (unpaired) electrons. The summed E-state index contributed by atoms with van der Waals surface area (Å²) >= 11 is 6.02. The molecule has 0 fully saturated rings. The molecule has 0 N–H and O–H groups in total. The van der Waals surface area contributed by atoms with Gasteiger partial charge in [-0.05, 0) is 12.1 Å². The molecular weight excluding hydrogens is 188 g/mol. The van der Waals surface area contributed by atoms with Crippen molar-refractivity contribution in [3.8, 4) is 5.88 Å². The van der Waals surface area contributed by atoms with Gasteiger partial charge < -0.3 is 4.74 Å². The Balaban J connectivity index is 2.89. The van der Waals surface area contributed by atoms with Gasteiger partial charge in [0.2, 0.25) is 5.88 Å². The summed E-state index contributed by atoms with van der Waals surface area (Å²) in [5, 5.41) is 5.72. The van der Waals surface area contributed by atoms with Gasteiger partial charge in [-0.1, -0.05) is 17.7 Å². The number of aryl methyl sites for hydroxylation is 1. The zero-order chi connectivity index (χ0) is 9.42. The maximum absolute atomic E-state index is 6.02. The van der Waals surface area contributed by atoms with Crippen LogP contribution in [0.5, 0.6) is 5.88 Å². The lowest BCUT2D eigenvalue weighted by atomic mass is 10.2. The lowest BCUT2D eigenvalue weighted by Gasteiger charge is -1.95. The first-order valence-corrected chi connectivity index (χ1v) is 4.27. The van der Waals surface area contributed by atoms with E-state index in [9.17, 15) is 0 Å². The van der Waals surface area contributed by atoms with Crippen LogP contribution in [-0.2, 0) is 7.05 Å². The van der Waals surface area contributed by atoms with E-state index in [0.717, 1.165) is 10.9 Å². The number of fused-ring (bicyclic) bond motifs is 1. The third kappa shape index (κ3) is 1.16. The van der Waals surface area contributed by atoms with Gasteiger partial charge in [0.25, 0.3) is 0 Å². The maximum atomic E-state index is 6.02. The van der Waals surface area contributed by atoms with Crippen LogP contribution in [-0.4, -0.2) is 16.9 Å². The Hall–Kier alpha value is -1.22. The van der Waals surface area contributed by atoms with Crippen LogP contribution in [0.2, 0.25) is 5.02 Å². The van der Waals surface area contributed by atoms with Crippen LogP contribution in [0.4, 0.5) is 0 Å². The Bertz CT molecular complexity index is 450. The highest BCUT2D eigenvalue weighted by Gasteiger charge is 2.10. The van der Waals surface area contributed by atoms with Gasteiger partial charge in [0.15, 0.2) is 0 Å². The monoisotopic (exact) mass is 196 g/mol. The summed E-state index contributed by atoms with van der Waals surface area (Å²) in [4.78, 5) is 0. The van der Waals surface area contributed by atoms with E-state index in [4.69, 9.17) is 16.3 Å². The molecule has 2 aromatic rings. The van der Waals surface area contributed by atoms with Gasteiger partial charge in [0, 0.05) is 7.05 Å². The van der Waals surface area contributed by atoms with Gasteiger partial charge in [-0.25, -0.2) is 0 Å². The van der Waals surface area contributed by atoms with Crippen molar-refractivity contribution in [3.05, 3.63) is 23.2 Å². The lowest BCUT2D eigenvalue weighted by Crippen LogP contribution is -1.89. The summed E-state index contributed by atoms with van der Waals surface area (Å²) in [6, 6.07) is 5.68. The predicted molar refractivity (Wildman–Crippen MR) is 52.3 cm³/mol. The molecular formula is C9H9ClN2O. The van der Waals surface area contributed by atoms with E-state index in [0.29, 0.717) is 10.9 Å². The topological polar surface area (TPSA) is 27.1 Å². The third-order valence-electron chi connectivity index (χ3n) is 1.99. The van der Waals surface area contributed by atoms with E-state index in [1.807, 2.05) is 25.2 Å². The van der Waals surface area contributed by atoms with Crippen LogP contribution < -0.4 is 4.74 Å². The fourth-order valence-corrected chi connectivity index (χ4v) is 1.63. The number of methoxy groups -OCH3 is 1. The van der Waals surface area contributed by atoms with E-state index < -0.39 is 0 Å². The summed E-state index contributed by atoms with van der Waals surface area (Å²) in [7, 11) is 3.45. The van der Waals surface area contributed by atoms with Crippen LogP contribution in [0, 0.1) is 0 Å². The normalized spacial score (nSPS) is 10.7. The van der Waals surface area contributed by atoms with Gasteiger partial charge in [0.05, 0.1) is 23.0 Å². The highest BCUT2D eigenvalue weighted by Crippen LogP contribution is 2.30. The molecule has 1 aromatic heterocycles. The number of benzene rings is 1. The van der Waals surface area contributed by atoms with E-state index in [2.05, 4.69) is 5.10 Å². The van der Waals surface area contributed by atoms with Crippen molar-refractivity contribution >= 4 is 22.5 Å². The minimum atomic E-state index is 0.572. The van der Waals surface area contributed by atoms with E-state index in [-0.39, 0.29) is 0 Å². The largest absolute Gasteiger partial charge is 0.479 e. The smallest absolute Gasteiger partial charge is 0.242 e. The standard InChI is InChI=1S/C9H9ClN2O/c1-12-7-5-3-4-6(10)8(7)9(11-12)13-2/h3-5H,1-2H3. The quantitative estimate of drug-likeness (QED) is 0.700. The molecule has 1 heterocycles. The molecule has 4 heteroatoms. The Kier molecular flexibility index (Phi) is 1.88. The molecule has 0 spiro atoms. The fourth-order valence-electron chi connectivity index (χ4n) is 1.38. The molecule has 1 aromatic carbocycles. The van der Waals surface area contributed by atoms with Crippen molar-refractivity contribution in [1.82, 2.24) is 9.78 Å². The molecule has 0 bridgehead atoms. The molecule has 0 aliphatic heterocycles. The number of aromatic nitrogens is 2. The zero-order valence-electron chi connectivity index (χ0n) is 7.41. The molecule has 3 nitrogen and oxygen atoms in total. The van der Waals surface area contributed by atoms with Crippen molar-refractivity contribution < 1.29 is 4.74 Å². The Morgan fingerprint density at radius 1 is 1.46 bits per heavy atom. The minimum Gasteiger partial charge on any atom is -0.479 e.